The molecule has 0 heterocycles. The lowest BCUT2D eigenvalue weighted by molar-refractivity contribution is -0.115. The Hall–Kier alpha value is -1.62. The van der Waals surface area contributed by atoms with Gasteiger partial charge in [-0.3, -0.25) is 4.79 Å². The van der Waals surface area contributed by atoms with Crippen LogP contribution < -0.4 is 15.4 Å². The van der Waals surface area contributed by atoms with Crippen molar-refractivity contribution in [3.63, 3.8) is 0 Å². The molecule has 0 saturated carbocycles. The molecule has 0 fully saturated rings. The molecule has 1 aromatic rings. The monoisotopic (exact) mass is 240 g/mol. The van der Waals surface area contributed by atoms with E-state index < -0.39 is 5.82 Å². The lowest BCUT2D eigenvalue weighted by Crippen LogP contribution is -2.27. The highest BCUT2D eigenvalue weighted by Crippen LogP contribution is 2.25. The Morgan fingerprint density at radius 3 is 2.82 bits per heavy atom. The Labute approximate surface area is 100 Å². The molecule has 0 aliphatic carbocycles. The first kappa shape index (κ1) is 13.4. The van der Waals surface area contributed by atoms with Crippen molar-refractivity contribution < 1.29 is 13.9 Å². The molecule has 1 rings (SSSR count). The van der Waals surface area contributed by atoms with Crippen LogP contribution in [-0.4, -0.2) is 25.6 Å². The fourth-order valence-corrected chi connectivity index (χ4v) is 1.31. The number of likely N-dealkylation sites (N-methyl/N-ethyl adjacent to an activating group) is 1. The van der Waals surface area contributed by atoms with Gasteiger partial charge in [0.15, 0.2) is 0 Å². The van der Waals surface area contributed by atoms with Crippen LogP contribution in [0.25, 0.3) is 0 Å². The second-order valence-corrected chi connectivity index (χ2v) is 3.40. The van der Waals surface area contributed by atoms with Gasteiger partial charge in [0.2, 0.25) is 5.91 Å². The smallest absolute Gasteiger partial charge is 0.238 e. The van der Waals surface area contributed by atoms with Gasteiger partial charge in [-0.05, 0) is 25.6 Å². The van der Waals surface area contributed by atoms with Gasteiger partial charge in [0.05, 0.1) is 18.8 Å². The van der Waals surface area contributed by atoms with Gasteiger partial charge in [-0.2, -0.15) is 0 Å². The fourth-order valence-electron chi connectivity index (χ4n) is 1.31. The molecule has 17 heavy (non-hydrogen) atoms. The molecule has 94 valence electrons. The summed E-state index contributed by atoms with van der Waals surface area (Å²) in [4.78, 5) is 11.5. The number of carbonyl (C=O) groups excluding carboxylic acids is 1. The summed E-state index contributed by atoms with van der Waals surface area (Å²) in [5.74, 6) is -0.227. The maximum Gasteiger partial charge on any atom is 0.238 e. The van der Waals surface area contributed by atoms with E-state index in [-0.39, 0.29) is 12.5 Å². The number of carbonyl (C=O) groups is 1. The molecule has 0 aliphatic heterocycles. The van der Waals surface area contributed by atoms with E-state index in [4.69, 9.17) is 4.74 Å². The number of ether oxygens (including phenoxy) is 1. The van der Waals surface area contributed by atoms with Gasteiger partial charge in [-0.15, -0.1) is 0 Å². The van der Waals surface area contributed by atoms with Crippen LogP contribution in [0.15, 0.2) is 18.2 Å². The normalized spacial score (nSPS) is 10.1. The number of hydrogen-bond acceptors (Lipinski definition) is 3. The van der Waals surface area contributed by atoms with E-state index in [1.165, 1.54) is 18.2 Å². The predicted molar refractivity (Wildman–Crippen MR) is 64.7 cm³/mol. The minimum absolute atomic E-state index is 0.181. The zero-order chi connectivity index (χ0) is 12.7. The van der Waals surface area contributed by atoms with Gasteiger partial charge in [-0.25, -0.2) is 4.39 Å². The maximum atomic E-state index is 13.0. The molecule has 4 nitrogen and oxygen atoms in total. The number of hydrogen-bond donors (Lipinski definition) is 2. The zero-order valence-electron chi connectivity index (χ0n) is 10.0. The Morgan fingerprint density at radius 2 is 2.18 bits per heavy atom. The topological polar surface area (TPSA) is 50.4 Å². The third kappa shape index (κ3) is 4.40. The van der Waals surface area contributed by atoms with Crippen molar-refractivity contribution in [2.24, 2.45) is 0 Å². The summed E-state index contributed by atoms with van der Waals surface area (Å²) in [6.45, 7) is 5.07. The predicted octanol–water partition coefficient (Wildman–Crippen LogP) is 1.77. The summed E-state index contributed by atoms with van der Waals surface area (Å²) in [5.41, 5.74) is 0.483. The van der Waals surface area contributed by atoms with Crippen LogP contribution in [-0.2, 0) is 4.79 Å². The maximum absolute atomic E-state index is 13.0. The number of anilines is 1. The summed E-state index contributed by atoms with van der Waals surface area (Å²) < 4.78 is 18.3. The standard InChI is InChI=1S/C12H17FN2O2/c1-3-14-8-12(16)15-10-6-5-9(13)7-11(10)17-4-2/h5-7,14H,3-4,8H2,1-2H3,(H,15,16). The van der Waals surface area contributed by atoms with Crippen LogP contribution in [0.5, 0.6) is 5.75 Å². The molecule has 1 aromatic carbocycles. The first-order chi connectivity index (χ1) is 8.17. The number of amides is 1. The SMILES string of the molecule is CCNCC(=O)Nc1ccc(F)cc1OCC. The zero-order valence-corrected chi connectivity index (χ0v) is 10.0. The van der Waals surface area contributed by atoms with Gasteiger partial charge in [0, 0.05) is 6.07 Å². The molecule has 0 unspecified atom stereocenters. The van der Waals surface area contributed by atoms with Crippen LogP contribution >= 0.6 is 0 Å². The molecule has 0 radical (unpaired) electrons. The van der Waals surface area contributed by atoms with Crippen molar-refractivity contribution in [1.29, 1.82) is 0 Å². The molecule has 0 aromatic heterocycles. The van der Waals surface area contributed by atoms with Crippen LogP contribution in [0.2, 0.25) is 0 Å². The number of rotatable bonds is 6. The van der Waals surface area contributed by atoms with Gasteiger partial charge in [-0.1, -0.05) is 6.92 Å². The Balaban J connectivity index is 2.72. The fraction of sp³-hybridized carbons (Fsp3) is 0.417. The molecule has 2 N–H and O–H groups in total. The number of nitrogens with one attached hydrogen (secondary N) is 2. The number of halogens is 1. The lowest BCUT2D eigenvalue weighted by atomic mass is 10.2. The Morgan fingerprint density at radius 1 is 1.41 bits per heavy atom. The highest BCUT2D eigenvalue weighted by atomic mass is 19.1. The molecule has 0 spiro atoms. The van der Waals surface area contributed by atoms with E-state index >= 15 is 0 Å². The van der Waals surface area contributed by atoms with E-state index in [9.17, 15) is 9.18 Å². The second kappa shape index (κ2) is 6.85. The highest BCUT2D eigenvalue weighted by molar-refractivity contribution is 5.93. The van der Waals surface area contributed by atoms with Gasteiger partial charge in [0.1, 0.15) is 11.6 Å². The summed E-state index contributed by atoms with van der Waals surface area (Å²) in [5, 5.41) is 5.57. The van der Waals surface area contributed by atoms with Crippen molar-refractivity contribution in [3.05, 3.63) is 24.0 Å². The summed E-state index contributed by atoms with van der Waals surface area (Å²) in [6, 6.07) is 4.03. The van der Waals surface area contributed by atoms with Gasteiger partial charge in [0.25, 0.3) is 0 Å². The average Bonchev–Trinajstić information content (AvgIpc) is 2.30. The van der Waals surface area contributed by atoms with Crippen molar-refractivity contribution in [2.75, 3.05) is 25.0 Å². The van der Waals surface area contributed by atoms with Crippen LogP contribution in [0.3, 0.4) is 0 Å². The van der Waals surface area contributed by atoms with Crippen LogP contribution in [0, 0.1) is 5.82 Å². The van der Waals surface area contributed by atoms with Crippen LogP contribution in [0.1, 0.15) is 13.8 Å². The minimum Gasteiger partial charge on any atom is -0.492 e. The largest absolute Gasteiger partial charge is 0.492 e. The summed E-state index contributed by atoms with van der Waals surface area (Å²) >= 11 is 0. The van der Waals surface area contributed by atoms with Crippen molar-refractivity contribution >= 4 is 11.6 Å². The molecule has 1 amide bonds. The third-order valence-corrected chi connectivity index (χ3v) is 2.05. The Bertz CT molecular complexity index is 383. The second-order valence-electron chi connectivity index (χ2n) is 3.40. The third-order valence-electron chi connectivity index (χ3n) is 2.05. The number of benzene rings is 1. The molecular weight excluding hydrogens is 223 g/mol. The van der Waals surface area contributed by atoms with E-state index in [0.717, 1.165) is 6.54 Å². The van der Waals surface area contributed by atoms with Crippen molar-refractivity contribution in [3.8, 4) is 5.75 Å². The van der Waals surface area contributed by atoms with Crippen molar-refractivity contribution in [1.82, 2.24) is 5.32 Å². The summed E-state index contributed by atoms with van der Waals surface area (Å²) in [6.07, 6.45) is 0. The first-order valence-electron chi connectivity index (χ1n) is 5.60. The molecule has 0 saturated heterocycles. The first-order valence-corrected chi connectivity index (χ1v) is 5.60. The molecule has 0 bridgehead atoms. The van der Waals surface area contributed by atoms with Gasteiger partial charge < -0.3 is 15.4 Å². The minimum atomic E-state index is -0.391. The molecule has 0 aliphatic rings. The highest BCUT2D eigenvalue weighted by Gasteiger charge is 2.08. The van der Waals surface area contributed by atoms with E-state index in [0.29, 0.717) is 18.0 Å². The average molecular weight is 240 g/mol. The van der Waals surface area contributed by atoms with Crippen molar-refractivity contribution in [2.45, 2.75) is 13.8 Å². The van der Waals surface area contributed by atoms with E-state index in [1.54, 1.807) is 6.92 Å². The molecule has 5 heteroatoms. The quantitative estimate of drug-likeness (QED) is 0.796. The lowest BCUT2D eigenvalue weighted by Gasteiger charge is -2.11. The van der Waals surface area contributed by atoms with E-state index in [1.807, 2.05) is 6.92 Å². The summed E-state index contributed by atoms with van der Waals surface area (Å²) in [7, 11) is 0. The van der Waals surface area contributed by atoms with Crippen LogP contribution in [0.4, 0.5) is 10.1 Å². The van der Waals surface area contributed by atoms with E-state index in [2.05, 4.69) is 10.6 Å². The molecular formula is C12H17FN2O2. The van der Waals surface area contributed by atoms with Gasteiger partial charge >= 0.3 is 0 Å². The molecule has 0 atom stereocenters. The Kier molecular flexibility index (Phi) is 5.42.